The van der Waals surface area contributed by atoms with Gasteiger partial charge in [0.2, 0.25) is 6.41 Å². The minimum atomic E-state index is 0.142. The SMILES string of the molecule is C=C(/C=C\C=C(/C)CN)C/C=N/N=C(\SC=O)C1CCC[C@H](C(=S)N/N=C/Cc2cccc(CC)n2)C1.CCC.NC=O. The largest absolute Gasteiger partial charge is 0.372 e. The highest BCUT2D eigenvalue weighted by atomic mass is 32.2. The van der Waals surface area contributed by atoms with Gasteiger partial charge in [0, 0.05) is 55.0 Å². The van der Waals surface area contributed by atoms with E-state index in [4.69, 9.17) is 22.7 Å². The van der Waals surface area contributed by atoms with Crippen LogP contribution in [0.25, 0.3) is 0 Å². The fraction of sp³-hybridized carbons (Fsp3) is 0.469. The molecule has 5 N–H and O–H groups in total. The maximum absolute atomic E-state index is 11.3. The van der Waals surface area contributed by atoms with Crippen molar-refractivity contribution >= 4 is 58.5 Å². The van der Waals surface area contributed by atoms with E-state index >= 15 is 0 Å². The number of amides is 1. The molecule has 0 saturated heterocycles. The third-order valence-electron chi connectivity index (χ3n) is 5.98. The van der Waals surface area contributed by atoms with Gasteiger partial charge in [0.1, 0.15) is 5.04 Å². The lowest BCUT2D eigenvalue weighted by Crippen LogP contribution is -2.31. The van der Waals surface area contributed by atoms with E-state index in [0.29, 0.717) is 19.4 Å². The molecular formula is C32H49N7O2S2. The number of carbonyl (C=O) groups excluding carboxylic acids is 2. The third-order valence-corrected chi connectivity index (χ3v) is 7.16. The maximum atomic E-state index is 11.3. The Morgan fingerprint density at radius 2 is 1.86 bits per heavy atom. The van der Waals surface area contributed by atoms with E-state index in [1.54, 1.807) is 12.4 Å². The number of pyridine rings is 1. The van der Waals surface area contributed by atoms with Crippen molar-refractivity contribution < 1.29 is 9.59 Å². The normalized spacial score (nSPS) is 17.1. The minimum Gasteiger partial charge on any atom is -0.372 e. The van der Waals surface area contributed by atoms with E-state index < -0.39 is 0 Å². The van der Waals surface area contributed by atoms with Crippen LogP contribution in [0.1, 0.15) is 77.6 Å². The van der Waals surface area contributed by atoms with E-state index in [9.17, 15) is 4.79 Å². The predicted molar refractivity (Wildman–Crippen MR) is 189 cm³/mol. The molecule has 0 radical (unpaired) electrons. The lowest BCUT2D eigenvalue weighted by atomic mass is 9.82. The van der Waals surface area contributed by atoms with Crippen molar-refractivity contribution in [2.75, 3.05) is 6.54 Å². The van der Waals surface area contributed by atoms with E-state index in [1.807, 2.05) is 43.4 Å². The molecule has 2 atom stereocenters. The fourth-order valence-corrected chi connectivity index (χ4v) is 4.69. The summed E-state index contributed by atoms with van der Waals surface area (Å²) in [6.07, 6.45) is 16.7. The van der Waals surface area contributed by atoms with Crippen LogP contribution < -0.4 is 16.9 Å². The molecule has 1 aromatic heterocycles. The molecule has 1 aliphatic rings. The van der Waals surface area contributed by atoms with Crippen LogP contribution in [-0.2, 0) is 22.4 Å². The van der Waals surface area contributed by atoms with Crippen LogP contribution in [0.3, 0.4) is 0 Å². The number of nitrogens with one attached hydrogen (secondary N) is 1. The summed E-state index contributed by atoms with van der Waals surface area (Å²) in [6.45, 7) is 12.9. The van der Waals surface area contributed by atoms with Gasteiger partial charge in [-0.15, -0.1) is 5.10 Å². The number of hydrogen-bond donors (Lipinski definition) is 3. The van der Waals surface area contributed by atoms with Crippen LogP contribution in [-0.4, -0.2) is 46.0 Å². The summed E-state index contributed by atoms with van der Waals surface area (Å²) in [6, 6.07) is 6.04. The second-order valence-electron chi connectivity index (χ2n) is 9.76. The number of rotatable bonds is 13. The summed E-state index contributed by atoms with van der Waals surface area (Å²) in [5.41, 5.74) is 17.7. The maximum Gasteiger partial charge on any atom is 0.204 e. The molecule has 1 amide bonds. The second kappa shape index (κ2) is 26.4. The molecule has 1 aromatic rings. The Labute approximate surface area is 267 Å². The number of primary amides is 1. The summed E-state index contributed by atoms with van der Waals surface area (Å²) in [5.74, 6) is 0.326. The Kier molecular flexibility index (Phi) is 24.3. The Bertz CT molecular complexity index is 1130. The quantitative estimate of drug-likeness (QED) is 0.0595. The average molecular weight is 628 g/mol. The number of aromatic nitrogens is 1. The van der Waals surface area contributed by atoms with Gasteiger partial charge in [-0.25, -0.2) is 0 Å². The molecule has 0 aliphatic heterocycles. The number of nitrogens with zero attached hydrogens (tertiary/aromatic N) is 4. The zero-order chi connectivity index (χ0) is 32.3. The van der Waals surface area contributed by atoms with Gasteiger partial charge in [0.15, 0.2) is 5.62 Å². The van der Waals surface area contributed by atoms with Crippen molar-refractivity contribution in [2.45, 2.75) is 79.1 Å². The summed E-state index contributed by atoms with van der Waals surface area (Å²) < 4.78 is 0. The van der Waals surface area contributed by atoms with Gasteiger partial charge in [-0.1, -0.05) is 82.3 Å². The molecule has 43 heavy (non-hydrogen) atoms. The first-order valence-corrected chi connectivity index (χ1v) is 15.9. The van der Waals surface area contributed by atoms with Crippen LogP contribution in [0.15, 0.2) is 69.5 Å². The molecule has 11 heteroatoms. The number of thiocarbonyl (C=S) groups is 1. The number of carbonyl (C=O) groups is 2. The number of allylic oxidation sites excluding steroid dienone is 4. The van der Waals surface area contributed by atoms with Gasteiger partial charge in [-0.2, -0.15) is 10.2 Å². The molecule has 1 heterocycles. The van der Waals surface area contributed by atoms with Crippen molar-refractivity contribution in [3.8, 4) is 0 Å². The standard InChI is InChI=1S/C28H38N6OS2.C3H8.CH3NO/c1-4-25-12-7-13-26(32-25)15-17-30-33-27(36)23-10-6-11-24(18-23)28(37-20-35)34-31-16-14-21(2)8-5-9-22(3)19-29;1-3-2;2-1-3/h5,7-9,12-13,16-17,20,23-24H,2,4,6,10-11,14-15,18-19,29H2,1,3H3,(H,33,36);3H2,1-2H3;1H,(H2,2,3)/b8-5-,22-9+,30-17+,31-16+,34-28-;;/t23-,24?;;/m0../s1. The summed E-state index contributed by atoms with van der Waals surface area (Å²) in [5, 5.41) is 13.6. The third kappa shape index (κ3) is 19.5. The summed E-state index contributed by atoms with van der Waals surface area (Å²) in [7, 11) is 0. The van der Waals surface area contributed by atoms with Crippen molar-refractivity contribution in [1.29, 1.82) is 0 Å². The Balaban J connectivity index is 0.00000270. The molecule has 0 bridgehead atoms. The Morgan fingerprint density at radius 3 is 2.51 bits per heavy atom. The molecule has 1 aliphatic carbocycles. The first kappa shape index (κ1) is 39.7. The van der Waals surface area contributed by atoms with Gasteiger partial charge >= 0.3 is 0 Å². The molecule has 2 rings (SSSR count). The van der Waals surface area contributed by atoms with Crippen LogP contribution in [0.2, 0.25) is 0 Å². The fourth-order valence-electron chi connectivity index (χ4n) is 3.82. The topological polar surface area (TPSA) is 148 Å². The molecule has 9 nitrogen and oxygen atoms in total. The first-order valence-electron chi connectivity index (χ1n) is 14.6. The number of hydrazone groups is 1. The van der Waals surface area contributed by atoms with Crippen molar-refractivity contribution in [3.63, 3.8) is 0 Å². The lowest BCUT2D eigenvalue weighted by Gasteiger charge is -2.29. The van der Waals surface area contributed by atoms with Gasteiger partial charge < -0.3 is 11.5 Å². The van der Waals surface area contributed by atoms with Crippen LogP contribution in [0.4, 0.5) is 0 Å². The average Bonchev–Trinajstić information content (AvgIpc) is 3.01. The monoisotopic (exact) mass is 627 g/mol. The number of thioether (sulfide) groups is 1. The minimum absolute atomic E-state index is 0.142. The molecule has 1 saturated carbocycles. The Morgan fingerprint density at radius 1 is 1.19 bits per heavy atom. The smallest absolute Gasteiger partial charge is 0.204 e. The summed E-state index contributed by atoms with van der Waals surface area (Å²) >= 11 is 6.72. The van der Waals surface area contributed by atoms with Crippen molar-refractivity contribution in [1.82, 2.24) is 10.4 Å². The van der Waals surface area contributed by atoms with Crippen LogP contribution in [0, 0.1) is 11.8 Å². The molecular weight excluding hydrogens is 579 g/mol. The van der Waals surface area contributed by atoms with E-state index in [-0.39, 0.29) is 18.2 Å². The second-order valence-corrected chi connectivity index (χ2v) is 11.0. The molecule has 1 unspecified atom stereocenters. The van der Waals surface area contributed by atoms with Gasteiger partial charge in [-0.05, 0) is 62.1 Å². The van der Waals surface area contributed by atoms with E-state index in [2.05, 4.69) is 58.8 Å². The first-order chi connectivity index (χ1) is 20.8. The summed E-state index contributed by atoms with van der Waals surface area (Å²) in [4.78, 5) is 25.2. The Hall–Kier alpha value is -3.28. The number of nitrogens with two attached hydrogens (primary N) is 2. The molecule has 1 fully saturated rings. The van der Waals surface area contributed by atoms with Gasteiger partial charge in [0.25, 0.3) is 0 Å². The molecule has 236 valence electrons. The van der Waals surface area contributed by atoms with Crippen molar-refractivity contribution in [3.05, 3.63) is 65.5 Å². The predicted octanol–water partition coefficient (Wildman–Crippen LogP) is 6.13. The van der Waals surface area contributed by atoms with Crippen LogP contribution >= 0.6 is 24.0 Å². The molecule has 0 aromatic carbocycles. The zero-order valence-corrected chi connectivity index (χ0v) is 27.7. The lowest BCUT2D eigenvalue weighted by molar-refractivity contribution is -0.106. The van der Waals surface area contributed by atoms with Crippen LogP contribution in [0.5, 0.6) is 0 Å². The van der Waals surface area contributed by atoms with Gasteiger partial charge in [0.05, 0.1) is 4.99 Å². The number of aryl methyl sites for hydroxylation is 1. The van der Waals surface area contributed by atoms with E-state index in [0.717, 1.165) is 82.1 Å². The van der Waals surface area contributed by atoms with E-state index in [1.165, 1.54) is 6.42 Å². The zero-order valence-electron chi connectivity index (χ0n) is 26.1. The number of hydrogen-bond acceptors (Lipinski definition) is 9. The highest BCUT2D eigenvalue weighted by molar-refractivity contribution is 8.24. The highest BCUT2D eigenvalue weighted by Gasteiger charge is 2.28. The molecule has 0 spiro atoms. The van der Waals surface area contributed by atoms with Crippen molar-refractivity contribution in [2.24, 2.45) is 38.6 Å². The van der Waals surface area contributed by atoms with Gasteiger partial charge in [-0.3, -0.25) is 20.0 Å². The highest BCUT2D eigenvalue weighted by Crippen LogP contribution is 2.33.